The molecule has 4 rings (SSSR count). The van der Waals surface area contributed by atoms with E-state index in [0.29, 0.717) is 18.9 Å². The zero-order valence-corrected chi connectivity index (χ0v) is 16.3. The molecule has 5 nitrogen and oxygen atoms in total. The molecule has 0 saturated carbocycles. The van der Waals surface area contributed by atoms with Crippen molar-refractivity contribution in [1.82, 2.24) is 4.90 Å². The third kappa shape index (κ3) is 4.50. The van der Waals surface area contributed by atoms with E-state index in [1.807, 2.05) is 60.7 Å². The minimum Gasteiger partial charge on any atom is -0.449 e. The van der Waals surface area contributed by atoms with Gasteiger partial charge >= 0.3 is 12.1 Å². The minimum atomic E-state index is -0.767. The number of cyclic esters (lactones) is 1. The third-order valence-electron chi connectivity index (χ3n) is 5.48. The van der Waals surface area contributed by atoms with Crippen molar-refractivity contribution in [2.45, 2.75) is 38.0 Å². The number of benzene rings is 2. The van der Waals surface area contributed by atoms with Gasteiger partial charge in [0.05, 0.1) is 6.61 Å². The molecule has 1 aliphatic carbocycles. The second kappa shape index (κ2) is 8.95. The Morgan fingerprint density at radius 2 is 1.76 bits per heavy atom. The average molecular weight is 391 g/mol. The highest BCUT2D eigenvalue weighted by molar-refractivity contribution is 5.85. The Balaban J connectivity index is 1.54. The van der Waals surface area contributed by atoms with E-state index in [1.54, 1.807) is 0 Å². The van der Waals surface area contributed by atoms with Gasteiger partial charge in [-0.15, -0.1) is 0 Å². The molecule has 0 N–H and O–H groups in total. The van der Waals surface area contributed by atoms with Gasteiger partial charge < -0.3 is 9.47 Å². The molecule has 0 radical (unpaired) electrons. The summed E-state index contributed by atoms with van der Waals surface area (Å²) in [5.74, 6) is -0.0776. The number of hydrogen-bond acceptors (Lipinski definition) is 4. The highest BCUT2D eigenvalue weighted by atomic mass is 16.6. The highest BCUT2D eigenvalue weighted by Gasteiger charge is 2.46. The molecular weight excluding hydrogens is 366 g/mol. The van der Waals surface area contributed by atoms with E-state index in [1.165, 1.54) is 4.90 Å². The van der Waals surface area contributed by atoms with Crippen LogP contribution in [0.3, 0.4) is 0 Å². The SMILES string of the molecule is O=C1O[C@H](c2ccccc2)N(C(=O)OCC2CC=CCC2)[C@@H]1Cc1ccccc1. The number of amides is 1. The molecule has 0 bridgehead atoms. The predicted octanol–water partition coefficient (Wildman–Crippen LogP) is 4.65. The first kappa shape index (κ1) is 19.2. The van der Waals surface area contributed by atoms with Gasteiger partial charge in [-0.25, -0.2) is 9.59 Å². The van der Waals surface area contributed by atoms with Crippen LogP contribution >= 0.6 is 0 Å². The zero-order chi connectivity index (χ0) is 20.1. The Morgan fingerprint density at radius 3 is 2.45 bits per heavy atom. The van der Waals surface area contributed by atoms with Crippen LogP contribution in [0.25, 0.3) is 0 Å². The van der Waals surface area contributed by atoms with E-state index < -0.39 is 24.3 Å². The maximum atomic E-state index is 13.1. The van der Waals surface area contributed by atoms with Gasteiger partial charge in [-0.2, -0.15) is 0 Å². The van der Waals surface area contributed by atoms with Gasteiger partial charge in [0.15, 0.2) is 0 Å². The molecule has 2 aliphatic rings. The molecule has 5 heteroatoms. The van der Waals surface area contributed by atoms with Crippen molar-refractivity contribution in [1.29, 1.82) is 0 Å². The van der Waals surface area contributed by atoms with Crippen molar-refractivity contribution >= 4 is 12.1 Å². The third-order valence-corrected chi connectivity index (χ3v) is 5.48. The number of esters is 1. The Hall–Kier alpha value is -3.08. The molecule has 150 valence electrons. The summed E-state index contributed by atoms with van der Waals surface area (Å²) in [6, 6.07) is 18.3. The largest absolute Gasteiger partial charge is 0.449 e. The van der Waals surface area contributed by atoms with Crippen molar-refractivity contribution in [2.24, 2.45) is 5.92 Å². The van der Waals surface area contributed by atoms with E-state index in [-0.39, 0.29) is 0 Å². The monoisotopic (exact) mass is 391 g/mol. The summed E-state index contributed by atoms with van der Waals surface area (Å²) in [5, 5.41) is 0. The molecule has 1 aliphatic heterocycles. The topological polar surface area (TPSA) is 55.8 Å². The summed E-state index contributed by atoms with van der Waals surface area (Å²) in [4.78, 5) is 27.2. The summed E-state index contributed by atoms with van der Waals surface area (Å²) in [5.41, 5.74) is 1.73. The van der Waals surface area contributed by atoms with Gasteiger partial charge in [-0.05, 0) is 30.7 Å². The fourth-order valence-electron chi connectivity index (χ4n) is 3.88. The summed E-state index contributed by atoms with van der Waals surface area (Å²) in [6.45, 7) is 0.355. The van der Waals surface area contributed by atoms with Crippen LogP contribution in [0.15, 0.2) is 72.8 Å². The summed E-state index contributed by atoms with van der Waals surface area (Å²) < 4.78 is 11.3. The van der Waals surface area contributed by atoms with Gasteiger partial charge in [0.2, 0.25) is 6.23 Å². The van der Waals surface area contributed by atoms with Crippen LogP contribution < -0.4 is 0 Å². The molecule has 1 fully saturated rings. The van der Waals surface area contributed by atoms with Crippen LogP contribution in [0.2, 0.25) is 0 Å². The van der Waals surface area contributed by atoms with Gasteiger partial charge in [0.1, 0.15) is 6.04 Å². The van der Waals surface area contributed by atoms with Crippen LogP contribution in [0.5, 0.6) is 0 Å². The van der Waals surface area contributed by atoms with E-state index in [9.17, 15) is 9.59 Å². The number of hydrogen-bond donors (Lipinski definition) is 0. The van der Waals surface area contributed by atoms with E-state index in [0.717, 1.165) is 30.4 Å². The maximum absolute atomic E-state index is 13.1. The Labute approximate surface area is 170 Å². The predicted molar refractivity (Wildman–Crippen MR) is 109 cm³/mol. The number of allylic oxidation sites excluding steroid dienone is 2. The molecule has 2 aromatic rings. The lowest BCUT2D eigenvalue weighted by atomic mass is 9.95. The van der Waals surface area contributed by atoms with Crippen molar-refractivity contribution in [3.8, 4) is 0 Å². The fraction of sp³-hybridized carbons (Fsp3) is 0.333. The minimum absolute atomic E-state index is 0.325. The van der Waals surface area contributed by atoms with Crippen molar-refractivity contribution in [2.75, 3.05) is 6.61 Å². The Bertz CT molecular complexity index is 865. The molecular formula is C24H25NO4. The van der Waals surface area contributed by atoms with E-state index in [4.69, 9.17) is 9.47 Å². The second-order valence-corrected chi connectivity index (χ2v) is 7.54. The average Bonchev–Trinajstić information content (AvgIpc) is 3.10. The summed E-state index contributed by atoms with van der Waals surface area (Å²) in [7, 11) is 0. The standard InChI is InChI=1S/C24H25NO4/c26-23-21(16-18-10-4-1-5-11-18)25(22(29-23)20-14-8-3-9-15-20)24(27)28-17-19-12-6-2-7-13-19/h1-6,8-11,14-15,19,21-22H,7,12-13,16-17H2/t19?,21-,22-/m1/s1. The quantitative estimate of drug-likeness (QED) is 0.550. The molecule has 3 atom stereocenters. The maximum Gasteiger partial charge on any atom is 0.413 e. The number of carbonyl (C=O) groups excluding carboxylic acids is 2. The lowest BCUT2D eigenvalue weighted by molar-refractivity contribution is -0.142. The van der Waals surface area contributed by atoms with Crippen LogP contribution in [0, 0.1) is 5.92 Å². The first-order chi connectivity index (χ1) is 14.2. The molecule has 0 spiro atoms. The van der Waals surface area contributed by atoms with Gasteiger partial charge in [-0.3, -0.25) is 4.90 Å². The Kier molecular flexibility index (Phi) is 5.94. The summed E-state index contributed by atoms with van der Waals surface area (Å²) in [6.07, 6.45) is 6.35. The molecule has 1 saturated heterocycles. The van der Waals surface area contributed by atoms with Crippen LogP contribution in [-0.2, 0) is 20.7 Å². The first-order valence-corrected chi connectivity index (χ1v) is 10.1. The highest BCUT2D eigenvalue weighted by Crippen LogP contribution is 2.34. The summed E-state index contributed by atoms with van der Waals surface area (Å²) >= 11 is 0. The number of nitrogens with zero attached hydrogens (tertiary/aromatic N) is 1. The van der Waals surface area contributed by atoms with Crippen molar-refractivity contribution < 1.29 is 19.1 Å². The van der Waals surface area contributed by atoms with Gasteiger partial charge in [0.25, 0.3) is 0 Å². The van der Waals surface area contributed by atoms with E-state index >= 15 is 0 Å². The number of rotatable bonds is 5. The van der Waals surface area contributed by atoms with Gasteiger partial charge in [0, 0.05) is 12.0 Å². The normalized spacial score (nSPS) is 23.7. The van der Waals surface area contributed by atoms with E-state index in [2.05, 4.69) is 12.2 Å². The molecule has 1 unspecified atom stereocenters. The van der Waals surface area contributed by atoms with Crippen molar-refractivity contribution in [3.63, 3.8) is 0 Å². The lowest BCUT2D eigenvalue weighted by Crippen LogP contribution is -2.41. The van der Waals surface area contributed by atoms with Gasteiger partial charge in [-0.1, -0.05) is 72.8 Å². The van der Waals surface area contributed by atoms with Crippen LogP contribution in [0.1, 0.15) is 36.6 Å². The fourth-order valence-corrected chi connectivity index (χ4v) is 3.88. The molecule has 0 aromatic heterocycles. The molecule has 1 heterocycles. The Morgan fingerprint density at radius 1 is 1.03 bits per heavy atom. The van der Waals surface area contributed by atoms with Crippen LogP contribution in [0.4, 0.5) is 4.79 Å². The van der Waals surface area contributed by atoms with Crippen LogP contribution in [-0.4, -0.2) is 29.6 Å². The molecule has 2 aromatic carbocycles. The number of ether oxygens (including phenoxy) is 2. The number of carbonyl (C=O) groups is 2. The first-order valence-electron chi connectivity index (χ1n) is 10.1. The smallest absolute Gasteiger partial charge is 0.413 e. The molecule has 29 heavy (non-hydrogen) atoms. The zero-order valence-electron chi connectivity index (χ0n) is 16.3. The second-order valence-electron chi connectivity index (χ2n) is 7.54. The molecule has 1 amide bonds. The van der Waals surface area contributed by atoms with Crippen molar-refractivity contribution in [3.05, 3.63) is 83.9 Å². The lowest BCUT2D eigenvalue weighted by Gasteiger charge is -2.27.